The molecule has 3 amide bonds. The molecule has 0 N–H and O–H groups in total. The highest BCUT2D eigenvalue weighted by atomic mass is 16.2. The number of hydrogen-bond acceptors (Lipinski definition) is 3. The lowest BCUT2D eigenvalue weighted by atomic mass is 9.86. The van der Waals surface area contributed by atoms with E-state index in [9.17, 15) is 14.4 Å². The maximum absolute atomic E-state index is 13.3. The molecule has 2 heterocycles. The van der Waals surface area contributed by atoms with E-state index in [4.69, 9.17) is 0 Å². The Morgan fingerprint density at radius 1 is 0.600 bits per heavy atom. The molecule has 2 aliphatic rings. The summed E-state index contributed by atoms with van der Waals surface area (Å²) >= 11 is 0. The number of hydrogen-bond donors (Lipinski definition) is 0. The van der Waals surface area contributed by atoms with Crippen LogP contribution in [0.1, 0.15) is 43.4 Å². The van der Waals surface area contributed by atoms with Gasteiger partial charge in [0.25, 0.3) is 17.7 Å². The maximum Gasteiger partial charge on any atom is 0.262 e. The lowest BCUT2D eigenvalue weighted by molar-refractivity contribution is -0.130. The fraction of sp³-hybridized carbons (Fsp3) is 0.160. The molecule has 2 atom stereocenters. The summed E-state index contributed by atoms with van der Waals surface area (Å²) < 4.78 is 0. The summed E-state index contributed by atoms with van der Waals surface area (Å²) in [4.78, 5) is 42.2. The third kappa shape index (κ3) is 2.59. The van der Waals surface area contributed by atoms with Crippen molar-refractivity contribution in [1.29, 1.82) is 0 Å². The van der Waals surface area contributed by atoms with Gasteiger partial charge in [-0.15, -0.1) is 0 Å². The second kappa shape index (κ2) is 6.66. The van der Waals surface area contributed by atoms with Crippen molar-refractivity contribution < 1.29 is 14.4 Å². The second-order valence-electron chi connectivity index (χ2n) is 7.87. The molecule has 0 aliphatic carbocycles. The monoisotopic (exact) mass is 396 g/mol. The third-order valence-electron chi connectivity index (χ3n) is 5.90. The Kier molecular flexibility index (Phi) is 4.07. The van der Waals surface area contributed by atoms with E-state index < -0.39 is 23.9 Å². The minimum atomic E-state index is -0.860. The fourth-order valence-electron chi connectivity index (χ4n) is 4.27. The molecule has 2 aliphatic heterocycles. The van der Waals surface area contributed by atoms with Crippen LogP contribution in [0.4, 0.5) is 5.69 Å². The molecule has 5 heteroatoms. The first-order chi connectivity index (χ1) is 14.5. The Hall–Kier alpha value is -3.73. The van der Waals surface area contributed by atoms with Gasteiger partial charge in [-0.1, -0.05) is 59.7 Å². The Morgan fingerprint density at radius 3 is 1.63 bits per heavy atom. The molecular weight excluding hydrogens is 376 g/mol. The molecule has 0 saturated carbocycles. The summed E-state index contributed by atoms with van der Waals surface area (Å²) in [6.07, 6.45) is 0. The summed E-state index contributed by atoms with van der Waals surface area (Å²) in [5.74, 6) is -1.07. The number of rotatable bonds is 3. The van der Waals surface area contributed by atoms with E-state index in [1.54, 1.807) is 29.2 Å². The lowest BCUT2D eigenvalue weighted by Crippen LogP contribution is -2.67. The van der Waals surface area contributed by atoms with Gasteiger partial charge in [0.05, 0.1) is 17.2 Å². The first-order valence-electron chi connectivity index (χ1n) is 9.90. The lowest BCUT2D eigenvalue weighted by Gasteiger charge is -2.49. The van der Waals surface area contributed by atoms with E-state index in [1.165, 1.54) is 0 Å². The fourth-order valence-corrected chi connectivity index (χ4v) is 4.27. The SMILES string of the molecule is Cc1ccc([C@H]2[C@@H](N3C(=O)c4ccccc4C3=O)C(=O)N2c2ccc(C)cc2)cc1. The van der Waals surface area contributed by atoms with Crippen molar-refractivity contribution in [3.05, 3.63) is 101 Å². The standard InChI is InChI=1S/C25H20N2O3/c1-15-7-11-17(12-8-15)21-22(25(30)26(21)18-13-9-16(2)10-14-18)27-23(28)19-5-3-4-6-20(19)24(27)29/h3-14,21-22H,1-2H3/t21-,22+/m0/s1. The minimum absolute atomic E-state index is 0.251. The number of amides is 3. The smallest absolute Gasteiger partial charge is 0.262 e. The molecule has 148 valence electrons. The predicted molar refractivity (Wildman–Crippen MR) is 113 cm³/mol. The topological polar surface area (TPSA) is 57.7 Å². The van der Waals surface area contributed by atoms with Crippen LogP contribution >= 0.6 is 0 Å². The van der Waals surface area contributed by atoms with E-state index in [2.05, 4.69) is 0 Å². The number of nitrogens with zero attached hydrogens (tertiary/aromatic N) is 2. The van der Waals surface area contributed by atoms with E-state index in [1.807, 2.05) is 62.4 Å². The van der Waals surface area contributed by atoms with Crippen molar-refractivity contribution in [2.45, 2.75) is 25.9 Å². The zero-order valence-corrected chi connectivity index (χ0v) is 16.7. The van der Waals surface area contributed by atoms with Crippen molar-refractivity contribution in [2.75, 3.05) is 4.90 Å². The van der Waals surface area contributed by atoms with Crippen molar-refractivity contribution >= 4 is 23.4 Å². The molecule has 5 rings (SSSR count). The van der Waals surface area contributed by atoms with Crippen LogP contribution in [-0.2, 0) is 4.79 Å². The summed E-state index contributed by atoms with van der Waals surface area (Å²) in [5, 5.41) is 0. The number of β-lactam (4-membered cyclic amide) rings is 1. The number of imide groups is 1. The largest absolute Gasteiger partial charge is 0.300 e. The van der Waals surface area contributed by atoms with Crippen LogP contribution in [0.25, 0.3) is 0 Å². The molecule has 0 bridgehead atoms. The molecule has 0 aromatic heterocycles. The van der Waals surface area contributed by atoms with Gasteiger partial charge in [-0.2, -0.15) is 0 Å². The van der Waals surface area contributed by atoms with E-state index in [-0.39, 0.29) is 5.91 Å². The second-order valence-corrected chi connectivity index (χ2v) is 7.87. The zero-order valence-electron chi connectivity index (χ0n) is 16.7. The van der Waals surface area contributed by atoms with Crippen molar-refractivity contribution in [1.82, 2.24) is 4.90 Å². The number of carbonyl (C=O) groups excluding carboxylic acids is 3. The summed E-state index contributed by atoms with van der Waals surface area (Å²) in [7, 11) is 0. The molecule has 30 heavy (non-hydrogen) atoms. The van der Waals surface area contributed by atoms with Gasteiger partial charge in [-0.25, -0.2) is 0 Å². The van der Waals surface area contributed by atoms with Gasteiger partial charge in [0, 0.05) is 5.69 Å². The summed E-state index contributed by atoms with van der Waals surface area (Å²) in [5.41, 5.74) is 4.55. The van der Waals surface area contributed by atoms with Crippen LogP contribution in [0.2, 0.25) is 0 Å². The molecule has 0 spiro atoms. The van der Waals surface area contributed by atoms with E-state index >= 15 is 0 Å². The Bertz CT molecular complexity index is 1150. The number of carbonyl (C=O) groups is 3. The Morgan fingerprint density at radius 2 is 1.10 bits per heavy atom. The number of fused-ring (bicyclic) bond motifs is 1. The van der Waals surface area contributed by atoms with E-state index in [0.29, 0.717) is 11.1 Å². The van der Waals surface area contributed by atoms with E-state index in [0.717, 1.165) is 27.3 Å². The van der Waals surface area contributed by atoms with Crippen LogP contribution < -0.4 is 4.90 Å². The Balaban J connectivity index is 1.58. The van der Waals surface area contributed by atoms with Crippen LogP contribution in [0, 0.1) is 13.8 Å². The van der Waals surface area contributed by atoms with Crippen molar-refractivity contribution in [2.24, 2.45) is 0 Å². The highest BCUT2D eigenvalue weighted by Crippen LogP contribution is 2.44. The van der Waals surface area contributed by atoms with Gasteiger partial charge in [-0.3, -0.25) is 19.3 Å². The summed E-state index contributed by atoms with van der Waals surface area (Å²) in [6.45, 7) is 3.98. The van der Waals surface area contributed by atoms with Gasteiger partial charge in [0.1, 0.15) is 6.04 Å². The molecule has 3 aromatic rings. The zero-order chi connectivity index (χ0) is 21.0. The van der Waals surface area contributed by atoms with Gasteiger partial charge in [-0.05, 0) is 43.7 Å². The first-order valence-corrected chi connectivity index (χ1v) is 9.90. The van der Waals surface area contributed by atoms with Crippen LogP contribution in [-0.4, -0.2) is 28.7 Å². The normalized spacial score (nSPS) is 20.4. The molecule has 0 radical (unpaired) electrons. The molecule has 1 fully saturated rings. The van der Waals surface area contributed by atoms with Crippen LogP contribution in [0.15, 0.2) is 72.8 Å². The van der Waals surface area contributed by atoms with Crippen LogP contribution in [0.3, 0.4) is 0 Å². The first kappa shape index (κ1) is 18.3. The number of aryl methyl sites for hydroxylation is 2. The van der Waals surface area contributed by atoms with Gasteiger partial charge in [0.15, 0.2) is 0 Å². The molecule has 0 unspecified atom stereocenters. The maximum atomic E-state index is 13.3. The van der Waals surface area contributed by atoms with Crippen molar-refractivity contribution in [3.63, 3.8) is 0 Å². The average Bonchev–Trinajstić information content (AvgIpc) is 3.00. The molecule has 1 saturated heterocycles. The van der Waals surface area contributed by atoms with Gasteiger partial charge >= 0.3 is 0 Å². The Labute approximate surface area is 174 Å². The minimum Gasteiger partial charge on any atom is -0.300 e. The number of benzene rings is 3. The quantitative estimate of drug-likeness (QED) is 0.496. The highest BCUT2D eigenvalue weighted by Gasteiger charge is 2.57. The predicted octanol–water partition coefficient (Wildman–Crippen LogP) is 4.06. The van der Waals surface area contributed by atoms with Crippen molar-refractivity contribution in [3.8, 4) is 0 Å². The molecule has 3 aromatic carbocycles. The van der Waals surface area contributed by atoms with Crippen LogP contribution in [0.5, 0.6) is 0 Å². The number of anilines is 1. The highest BCUT2D eigenvalue weighted by molar-refractivity contribution is 6.24. The molecule has 5 nitrogen and oxygen atoms in total. The average molecular weight is 396 g/mol. The summed E-state index contributed by atoms with van der Waals surface area (Å²) in [6, 6.07) is 21.0. The third-order valence-corrected chi connectivity index (χ3v) is 5.90. The van der Waals surface area contributed by atoms with Gasteiger partial charge in [0.2, 0.25) is 0 Å². The van der Waals surface area contributed by atoms with Gasteiger partial charge < -0.3 is 4.90 Å². The molecular formula is C25H20N2O3.